The Kier molecular flexibility index (Phi) is 194. The van der Waals surface area contributed by atoms with Crippen LogP contribution in [0.3, 0.4) is 0 Å². The van der Waals surface area contributed by atoms with Crippen molar-refractivity contribution in [3.63, 3.8) is 0 Å². The van der Waals surface area contributed by atoms with Gasteiger partial charge in [0, 0.05) is 0 Å². The summed E-state index contributed by atoms with van der Waals surface area (Å²) < 4.78 is 0. The maximum atomic E-state index is 0. The van der Waals surface area contributed by atoms with Gasteiger partial charge in [0.2, 0.25) is 0 Å². The summed E-state index contributed by atoms with van der Waals surface area (Å²) in [4.78, 5) is 0. The third-order valence-corrected chi connectivity index (χ3v) is 0. The molecule has 0 spiro atoms. The Morgan fingerprint density at radius 1 is 0.400 bits per heavy atom. The molecule has 0 fully saturated rings. The van der Waals surface area contributed by atoms with E-state index in [0.29, 0.717) is 0 Å². The van der Waals surface area contributed by atoms with E-state index >= 15 is 0 Å². The van der Waals surface area contributed by atoms with Crippen LogP contribution in [0.4, 0.5) is 0 Å². The number of hydrogen-bond acceptors (Lipinski definition) is 0. The molecule has 0 saturated carbocycles. The van der Waals surface area contributed by atoms with Crippen molar-refractivity contribution < 1.29 is 118 Å². The fourth-order valence-electron chi connectivity index (χ4n) is 0. The molecule has 0 unspecified atom stereocenters. The minimum atomic E-state index is 0. The van der Waals surface area contributed by atoms with E-state index < -0.39 is 0 Å². The smallest absolute Gasteiger partial charge is 1.00 e. The van der Waals surface area contributed by atoms with E-state index in [9.17, 15) is 0 Å². The second kappa shape index (κ2) is 25.4. The van der Waals surface area contributed by atoms with E-state index in [2.05, 4.69) is 0 Å². The molecular weight excluding hydrogens is 555 g/mol. The average Bonchev–Trinajstić information content (AvgIpc) is 0. The van der Waals surface area contributed by atoms with Crippen molar-refractivity contribution in [2.24, 2.45) is 0 Å². The summed E-state index contributed by atoms with van der Waals surface area (Å²) in [6.45, 7) is 0. The van der Waals surface area contributed by atoms with Crippen molar-refractivity contribution >= 4 is 0 Å². The first kappa shape index (κ1) is 38.1. The van der Waals surface area contributed by atoms with Crippen LogP contribution in [0.25, 0.3) is 0 Å². The number of halogens is 4. The Bertz CT molecular complexity index is 3.61. The van der Waals surface area contributed by atoms with E-state index in [0.717, 1.165) is 0 Å². The monoisotopic (exact) mass is 556 g/mol. The van der Waals surface area contributed by atoms with Gasteiger partial charge in [-0.05, 0) is 0 Å². The zero-order chi connectivity index (χ0) is 0. The summed E-state index contributed by atoms with van der Waals surface area (Å²) in [6, 6.07) is 0. The van der Waals surface area contributed by atoms with Crippen LogP contribution in [0.1, 0.15) is 0 Å². The zero-order valence-corrected chi connectivity index (χ0v) is 12.2. The molecule has 0 saturated heterocycles. The molecule has 0 rings (SSSR count). The molecule has 5 heteroatoms. The second-order valence-electron chi connectivity index (χ2n) is 0. The van der Waals surface area contributed by atoms with Crippen LogP contribution in [0, 0.1) is 0 Å². The standard InChI is InChI=1S/4HI.Ti/h4*1H;/q;;;;+4/p-4. The average molecular weight is 555 g/mol. The second-order valence-corrected chi connectivity index (χ2v) is 0. The van der Waals surface area contributed by atoms with Gasteiger partial charge in [-0.2, -0.15) is 0 Å². The third-order valence-electron chi connectivity index (χ3n) is 0. The summed E-state index contributed by atoms with van der Waals surface area (Å²) in [6.07, 6.45) is 0. The molecule has 0 atom stereocenters. The molecule has 0 aliphatic rings. The third kappa shape index (κ3) is 18.3. The van der Waals surface area contributed by atoms with Gasteiger partial charge in [0.1, 0.15) is 0 Å². The number of hydrogen-bond donors (Lipinski definition) is 0. The Balaban J connectivity index is 0. The Hall–Kier alpha value is 3.63. The molecular formula is I4Ti. The minimum Gasteiger partial charge on any atom is -1.00 e. The Morgan fingerprint density at radius 2 is 0.400 bits per heavy atom. The van der Waals surface area contributed by atoms with Crippen molar-refractivity contribution in [1.82, 2.24) is 0 Å². The molecule has 0 heterocycles. The van der Waals surface area contributed by atoms with E-state index in [-0.39, 0.29) is 118 Å². The fourth-order valence-corrected chi connectivity index (χ4v) is 0. The van der Waals surface area contributed by atoms with Crippen molar-refractivity contribution in [2.75, 3.05) is 0 Å². The Morgan fingerprint density at radius 3 is 0.400 bits per heavy atom. The van der Waals surface area contributed by atoms with Gasteiger partial charge in [-0.25, -0.2) is 0 Å². The first-order chi connectivity index (χ1) is 0. The van der Waals surface area contributed by atoms with Crippen molar-refractivity contribution in [3.8, 4) is 0 Å². The van der Waals surface area contributed by atoms with E-state index in [1.165, 1.54) is 0 Å². The molecule has 5 heavy (non-hydrogen) atoms. The maximum absolute atomic E-state index is 0. The first-order valence-electron chi connectivity index (χ1n) is 0. The van der Waals surface area contributed by atoms with Crippen molar-refractivity contribution in [1.29, 1.82) is 0 Å². The van der Waals surface area contributed by atoms with Crippen LogP contribution in [-0.2, 0) is 21.7 Å². The predicted molar refractivity (Wildman–Crippen MR) is 0 cm³/mol. The van der Waals surface area contributed by atoms with E-state index in [4.69, 9.17) is 0 Å². The summed E-state index contributed by atoms with van der Waals surface area (Å²) in [5.41, 5.74) is 0. The van der Waals surface area contributed by atoms with Crippen LogP contribution in [0.15, 0.2) is 0 Å². The van der Waals surface area contributed by atoms with Gasteiger partial charge in [-0.1, -0.05) is 0 Å². The molecule has 0 aliphatic carbocycles. The van der Waals surface area contributed by atoms with Gasteiger partial charge in [0.15, 0.2) is 0 Å². The van der Waals surface area contributed by atoms with Crippen LogP contribution in [0.2, 0.25) is 0 Å². The molecule has 0 bridgehead atoms. The topological polar surface area (TPSA) is 0 Å². The van der Waals surface area contributed by atoms with Crippen LogP contribution >= 0.6 is 0 Å². The zero-order valence-electron chi connectivity index (χ0n) is 2.01. The molecule has 0 nitrogen and oxygen atoms in total. The van der Waals surface area contributed by atoms with Crippen molar-refractivity contribution in [2.45, 2.75) is 0 Å². The quantitative estimate of drug-likeness (QED) is 0.206. The summed E-state index contributed by atoms with van der Waals surface area (Å²) in [5.74, 6) is 0. The largest absolute Gasteiger partial charge is 4.00 e. The molecule has 0 aliphatic heterocycles. The van der Waals surface area contributed by atoms with Crippen LogP contribution in [-0.4, -0.2) is 0 Å². The molecule has 0 aromatic carbocycles. The first-order valence-corrected chi connectivity index (χ1v) is 0. The number of rotatable bonds is 0. The maximum Gasteiger partial charge on any atom is 4.00 e. The van der Waals surface area contributed by atoms with E-state index in [1.807, 2.05) is 0 Å². The minimum absolute atomic E-state index is 0. The Labute approximate surface area is 115 Å². The molecule has 0 amide bonds. The van der Waals surface area contributed by atoms with Gasteiger partial charge in [-0.3, -0.25) is 0 Å². The molecule has 0 aromatic heterocycles. The molecule has 0 N–H and O–H groups in total. The van der Waals surface area contributed by atoms with Gasteiger partial charge in [0.05, 0.1) is 0 Å². The van der Waals surface area contributed by atoms with Gasteiger partial charge in [0.25, 0.3) is 0 Å². The fraction of sp³-hybridized carbons (Fsp3) is 0. The summed E-state index contributed by atoms with van der Waals surface area (Å²) >= 11 is 0. The van der Waals surface area contributed by atoms with Crippen LogP contribution < -0.4 is 95.9 Å². The predicted octanol–water partition coefficient (Wildman–Crippen LogP) is -12.0. The van der Waals surface area contributed by atoms with Crippen LogP contribution in [0.5, 0.6) is 0 Å². The van der Waals surface area contributed by atoms with Gasteiger partial charge >= 0.3 is 21.7 Å². The van der Waals surface area contributed by atoms with Gasteiger partial charge in [-0.15, -0.1) is 0 Å². The SMILES string of the molecule is [I-].[I-].[I-].[I-].[Ti+4]. The van der Waals surface area contributed by atoms with E-state index in [1.54, 1.807) is 0 Å². The molecule has 32 valence electrons. The van der Waals surface area contributed by atoms with Crippen molar-refractivity contribution in [3.05, 3.63) is 0 Å². The molecule has 0 radical (unpaired) electrons. The van der Waals surface area contributed by atoms with Gasteiger partial charge < -0.3 is 95.9 Å². The summed E-state index contributed by atoms with van der Waals surface area (Å²) in [5, 5.41) is 0. The normalized spacial score (nSPS) is 0. The molecule has 0 aromatic rings. The summed E-state index contributed by atoms with van der Waals surface area (Å²) in [7, 11) is 0.